The quantitative estimate of drug-likeness (QED) is 0.521. The van der Waals surface area contributed by atoms with Crippen LogP contribution in [-0.2, 0) is 11.2 Å². The number of rotatable bonds is 6. The Labute approximate surface area is 173 Å². The Balaban J connectivity index is 1.39. The molecule has 2 aromatic heterocycles. The van der Waals surface area contributed by atoms with Crippen molar-refractivity contribution in [1.82, 2.24) is 20.1 Å². The third-order valence-electron chi connectivity index (χ3n) is 4.72. The molecule has 0 atom stereocenters. The largest absolute Gasteiger partial charge is 0.497 e. The van der Waals surface area contributed by atoms with E-state index in [1.807, 2.05) is 56.3 Å². The number of fused-ring (bicyclic) bond motifs is 1. The van der Waals surface area contributed by atoms with Gasteiger partial charge in [0.05, 0.1) is 29.5 Å². The fourth-order valence-corrected chi connectivity index (χ4v) is 2.99. The van der Waals surface area contributed by atoms with E-state index in [1.54, 1.807) is 7.11 Å². The van der Waals surface area contributed by atoms with Crippen LogP contribution in [0.15, 0.2) is 47.0 Å². The van der Waals surface area contributed by atoms with Gasteiger partial charge in [0.25, 0.3) is 0 Å². The molecule has 2 heterocycles. The normalized spacial score (nSPS) is 10.9. The topological polar surface area (TPSA) is 103 Å². The van der Waals surface area contributed by atoms with E-state index in [0.717, 1.165) is 28.0 Å². The van der Waals surface area contributed by atoms with Crippen LogP contribution in [-0.4, -0.2) is 33.1 Å². The SMILES string of the molecule is COc1cccc(-c2noc(CCC(=O)Nc3ccc4nc(C)c(C)nc4c3)n2)c1. The zero-order chi connectivity index (χ0) is 21.1. The Bertz CT molecular complexity index is 1220. The van der Waals surface area contributed by atoms with E-state index in [1.165, 1.54) is 0 Å². The minimum Gasteiger partial charge on any atom is -0.497 e. The number of amides is 1. The number of ether oxygens (including phenoxy) is 1. The average Bonchev–Trinajstić information content (AvgIpc) is 3.22. The molecule has 4 aromatic rings. The number of hydrogen-bond acceptors (Lipinski definition) is 7. The molecule has 2 aromatic carbocycles. The van der Waals surface area contributed by atoms with Crippen molar-refractivity contribution >= 4 is 22.6 Å². The molecule has 0 unspecified atom stereocenters. The molecule has 0 aliphatic rings. The van der Waals surface area contributed by atoms with Gasteiger partial charge in [-0.25, -0.2) is 9.97 Å². The second-order valence-corrected chi connectivity index (χ2v) is 6.89. The lowest BCUT2D eigenvalue weighted by Crippen LogP contribution is -2.12. The summed E-state index contributed by atoms with van der Waals surface area (Å²) in [7, 11) is 1.60. The first-order valence-electron chi connectivity index (χ1n) is 9.53. The van der Waals surface area contributed by atoms with E-state index >= 15 is 0 Å². The van der Waals surface area contributed by atoms with Crippen molar-refractivity contribution in [2.45, 2.75) is 26.7 Å². The second-order valence-electron chi connectivity index (χ2n) is 6.89. The zero-order valence-electron chi connectivity index (χ0n) is 17.0. The maximum absolute atomic E-state index is 12.3. The average molecular weight is 403 g/mol. The molecule has 0 bridgehead atoms. The Kier molecular flexibility index (Phi) is 5.38. The van der Waals surface area contributed by atoms with Gasteiger partial charge in [-0.2, -0.15) is 4.98 Å². The van der Waals surface area contributed by atoms with Gasteiger partial charge in [-0.1, -0.05) is 17.3 Å². The van der Waals surface area contributed by atoms with Gasteiger partial charge in [0.15, 0.2) is 0 Å². The number of nitrogens with zero attached hydrogens (tertiary/aromatic N) is 4. The van der Waals surface area contributed by atoms with Gasteiger partial charge >= 0.3 is 0 Å². The van der Waals surface area contributed by atoms with Crippen LogP contribution in [0.1, 0.15) is 23.7 Å². The molecule has 1 amide bonds. The third kappa shape index (κ3) is 4.27. The first kappa shape index (κ1) is 19.5. The highest BCUT2D eigenvalue weighted by Crippen LogP contribution is 2.22. The molecular weight excluding hydrogens is 382 g/mol. The van der Waals surface area contributed by atoms with E-state index in [4.69, 9.17) is 9.26 Å². The molecule has 152 valence electrons. The predicted molar refractivity (Wildman–Crippen MR) is 112 cm³/mol. The Hall–Kier alpha value is -3.81. The molecule has 8 nitrogen and oxygen atoms in total. The Morgan fingerprint density at radius 3 is 2.63 bits per heavy atom. The maximum atomic E-state index is 12.3. The van der Waals surface area contributed by atoms with Gasteiger partial charge in [0.1, 0.15) is 5.75 Å². The number of aryl methyl sites for hydroxylation is 3. The number of carbonyl (C=O) groups excluding carboxylic acids is 1. The molecule has 1 N–H and O–H groups in total. The van der Waals surface area contributed by atoms with Crippen molar-refractivity contribution in [2.24, 2.45) is 0 Å². The molecular formula is C22H21N5O3. The number of aromatic nitrogens is 4. The van der Waals surface area contributed by atoms with Crippen LogP contribution in [0.5, 0.6) is 5.75 Å². The second kappa shape index (κ2) is 8.28. The van der Waals surface area contributed by atoms with Crippen molar-refractivity contribution < 1.29 is 14.1 Å². The summed E-state index contributed by atoms with van der Waals surface area (Å²) in [5.41, 5.74) is 4.77. The number of carbonyl (C=O) groups is 1. The summed E-state index contributed by atoms with van der Waals surface area (Å²) in [6.45, 7) is 3.84. The summed E-state index contributed by atoms with van der Waals surface area (Å²) < 4.78 is 10.5. The van der Waals surface area contributed by atoms with Gasteiger partial charge in [-0.3, -0.25) is 4.79 Å². The van der Waals surface area contributed by atoms with Crippen molar-refractivity contribution in [1.29, 1.82) is 0 Å². The third-order valence-corrected chi connectivity index (χ3v) is 4.72. The molecule has 0 saturated carbocycles. The highest BCUT2D eigenvalue weighted by Gasteiger charge is 2.12. The van der Waals surface area contributed by atoms with Gasteiger partial charge in [0.2, 0.25) is 17.6 Å². The number of hydrogen-bond donors (Lipinski definition) is 1. The summed E-state index contributed by atoms with van der Waals surface area (Å²) in [4.78, 5) is 25.7. The number of benzene rings is 2. The van der Waals surface area contributed by atoms with Crippen molar-refractivity contribution in [2.75, 3.05) is 12.4 Å². The first-order valence-corrected chi connectivity index (χ1v) is 9.53. The minimum atomic E-state index is -0.146. The van der Waals surface area contributed by atoms with E-state index in [0.29, 0.717) is 29.6 Å². The summed E-state index contributed by atoms with van der Waals surface area (Å²) >= 11 is 0. The summed E-state index contributed by atoms with van der Waals surface area (Å²) in [5.74, 6) is 1.43. The standard InChI is InChI=1S/C22H21N5O3/c1-13-14(2)24-19-12-16(7-8-18(19)23-13)25-20(28)9-10-21-26-22(27-30-21)15-5-4-6-17(11-15)29-3/h4-8,11-12H,9-10H2,1-3H3,(H,25,28). The minimum absolute atomic E-state index is 0.146. The van der Waals surface area contributed by atoms with Crippen LogP contribution >= 0.6 is 0 Å². The molecule has 0 fully saturated rings. The molecule has 0 spiro atoms. The molecule has 0 aliphatic carbocycles. The van der Waals surface area contributed by atoms with Crippen LogP contribution in [0, 0.1) is 13.8 Å². The fourth-order valence-electron chi connectivity index (χ4n) is 2.99. The molecule has 0 aliphatic heterocycles. The summed E-state index contributed by atoms with van der Waals surface area (Å²) in [6, 6.07) is 12.9. The predicted octanol–water partition coefficient (Wildman–Crippen LogP) is 3.88. The Morgan fingerprint density at radius 2 is 1.83 bits per heavy atom. The summed E-state index contributed by atoms with van der Waals surface area (Å²) in [5, 5.41) is 6.86. The number of methoxy groups -OCH3 is 1. The van der Waals surface area contributed by atoms with Crippen molar-refractivity contribution in [3.63, 3.8) is 0 Å². The lowest BCUT2D eigenvalue weighted by atomic mass is 10.2. The highest BCUT2D eigenvalue weighted by atomic mass is 16.5. The van der Waals surface area contributed by atoms with Crippen LogP contribution in [0.25, 0.3) is 22.4 Å². The van der Waals surface area contributed by atoms with Crippen LogP contribution in [0.2, 0.25) is 0 Å². The monoisotopic (exact) mass is 403 g/mol. The Morgan fingerprint density at radius 1 is 1.03 bits per heavy atom. The van der Waals surface area contributed by atoms with Crippen LogP contribution in [0.4, 0.5) is 5.69 Å². The van der Waals surface area contributed by atoms with Gasteiger partial charge < -0.3 is 14.6 Å². The smallest absolute Gasteiger partial charge is 0.227 e. The van der Waals surface area contributed by atoms with E-state index in [9.17, 15) is 4.79 Å². The van der Waals surface area contributed by atoms with Gasteiger partial charge in [-0.05, 0) is 44.2 Å². The van der Waals surface area contributed by atoms with E-state index < -0.39 is 0 Å². The fraction of sp³-hybridized carbons (Fsp3) is 0.227. The maximum Gasteiger partial charge on any atom is 0.227 e. The van der Waals surface area contributed by atoms with Crippen LogP contribution < -0.4 is 10.1 Å². The lowest BCUT2D eigenvalue weighted by molar-refractivity contribution is -0.116. The number of nitrogens with one attached hydrogen (secondary N) is 1. The van der Waals surface area contributed by atoms with E-state index in [2.05, 4.69) is 25.4 Å². The first-order chi connectivity index (χ1) is 14.5. The molecule has 8 heteroatoms. The molecule has 4 rings (SSSR count). The molecule has 30 heavy (non-hydrogen) atoms. The zero-order valence-corrected chi connectivity index (χ0v) is 17.0. The van der Waals surface area contributed by atoms with E-state index in [-0.39, 0.29) is 12.3 Å². The van der Waals surface area contributed by atoms with Gasteiger partial charge in [0, 0.05) is 24.1 Å². The molecule has 0 radical (unpaired) electrons. The lowest BCUT2D eigenvalue weighted by Gasteiger charge is -2.07. The van der Waals surface area contributed by atoms with Crippen LogP contribution in [0.3, 0.4) is 0 Å². The van der Waals surface area contributed by atoms with Crippen molar-refractivity contribution in [3.05, 3.63) is 59.7 Å². The summed E-state index contributed by atoms with van der Waals surface area (Å²) in [6.07, 6.45) is 0.560. The molecule has 0 saturated heterocycles. The highest BCUT2D eigenvalue weighted by molar-refractivity contribution is 5.93. The van der Waals surface area contributed by atoms with Crippen molar-refractivity contribution in [3.8, 4) is 17.1 Å². The number of anilines is 1. The van der Waals surface area contributed by atoms with Gasteiger partial charge in [-0.15, -0.1) is 0 Å².